The molecule has 1 amide bonds. The number of hydrogen-bond acceptors (Lipinski definition) is 7. The number of aliphatic hydroxyl groups is 1. The second-order valence-electron chi connectivity index (χ2n) is 9.59. The van der Waals surface area contributed by atoms with Crippen LogP contribution in [0.3, 0.4) is 0 Å². The first-order valence-electron chi connectivity index (χ1n) is 12.2. The highest BCUT2D eigenvalue weighted by Crippen LogP contribution is 2.28. The Kier molecular flexibility index (Phi) is 9.18. The standard InChI is InChI=1S/C27H35N3O6S/c1-18(2)10-11-21-12-24-26(28-14-21)36-25(19(3)15-30(27(24)32)20(4)17-31)16-29(5)37(33,34)23-9-7-8-22(13-23)35-6/h7-9,12-14,18-20,25,31H,15-17H2,1-6H3/t19-,20+,25-/m0/s1. The average molecular weight is 530 g/mol. The predicted molar refractivity (Wildman–Crippen MR) is 140 cm³/mol. The van der Waals surface area contributed by atoms with Gasteiger partial charge in [0.15, 0.2) is 0 Å². The first kappa shape index (κ1) is 28.4. The van der Waals surface area contributed by atoms with Crippen LogP contribution < -0.4 is 9.47 Å². The van der Waals surface area contributed by atoms with Gasteiger partial charge in [0.25, 0.3) is 5.91 Å². The van der Waals surface area contributed by atoms with Crippen molar-refractivity contribution in [2.75, 3.05) is 33.9 Å². The second kappa shape index (κ2) is 11.9. The summed E-state index contributed by atoms with van der Waals surface area (Å²) in [4.78, 5) is 19.6. The van der Waals surface area contributed by atoms with Gasteiger partial charge < -0.3 is 19.5 Å². The van der Waals surface area contributed by atoms with Gasteiger partial charge in [-0.3, -0.25) is 4.79 Å². The fraction of sp³-hybridized carbons (Fsp3) is 0.481. The second-order valence-corrected chi connectivity index (χ2v) is 11.6. The Morgan fingerprint density at radius 2 is 2.03 bits per heavy atom. The molecule has 2 heterocycles. The van der Waals surface area contributed by atoms with Crippen molar-refractivity contribution in [2.24, 2.45) is 11.8 Å². The Hall–Kier alpha value is -3.13. The van der Waals surface area contributed by atoms with Crippen LogP contribution >= 0.6 is 0 Å². The molecule has 1 N–H and O–H groups in total. The van der Waals surface area contributed by atoms with E-state index in [4.69, 9.17) is 9.47 Å². The number of methoxy groups -OCH3 is 1. The summed E-state index contributed by atoms with van der Waals surface area (Å²) in [6.07, 6.45) is 0.923. The minimum Gasteiger partial charge on any atom is -0.497 e. The Balaban J connectivity index is 1.98. The number of carbonyl (C=O) groups excluding carboxylic acids is 1. The summed E-state index contributed by atoms with van der Waals surface area (Å²) in [6.45, 7) is 7.64. The molecule has 0 bridgehead atoms. The maximum atomic E-state index is 13.5. The zero-order valence-electron chi connectivity index (χ0n) is 22.1. The van der Waals surface area contributed by atoms with Gasteiger partial charge >= 0.3 is 0 Å². The van der Waals surface area contributed by atoms with Crippen LogP contribution in [0.2, 0.25) is 0 Å². The molecule has 0 spiro atoms. The lowest BCUT2D eigenvalue weighted by Gasteiger charge is -2.37. The van der Waals surface area contributed by atoms with Gasteiger partial charge in [-0.15, -0.1) is 0 Å². The first-order valence-corrected chi connectivity index (χ1v) is 13.6. The molecule has 1 aromatic carbocycles. The van der Waals surface area contributed by atoms with Gasteiger partial charge in [-0.2, -0.15) is 4.31 Å². The molecular formula is C27H35N3O6S. The molecule has 0 saturated carbocycles. The molecule has 3 atom stereocenters. The summed E-state index contributed by atoms with van der Waals surface area (Å²) in [5.74, 6) is 6.19. The summed E-state index contributed by atoms with van der Waals surface area (Å²) in [5, 5.41) is 9.83. The smallest absolute Gasteiger partial charge is 0.259 e. The Bertz CT molecular complexity index is 1280. The van der Waals surface area contributed by atoms with E-state index in [9.17, 15) is 18.3 Å². The molecule has 0 fully saturated rings. The van der Waals surface area contributed by atoms with Crippen LogP contribution in [-0.2, 0) is 10.0 Å². The number of amides is 1. The Labute approximate surface area is 219 Å². The van der Waals surface area contributed by atoms with E-state index >= 15 is 0 Å². The zero-order valence-corrected chi connectivity index (χ0v) is 22.9. The molecule has 1 aliphatic rings. The lowest BCUT2D eigenvalue weighted by Crippen LogP contribution is -2.50. The van der Waals surface area contributed by atoms with Gasteiger partial charge in [-0.25, -0.2) is 13.4 Å². The molecular weight excluding hydrogens is 494 g/mol. The van der Waals surface area contributed by atoms with Crippen LogP contribution in [-0.4, -0.2) is 79.6 Å². The normalized spacial score (nSPS) is 18.8. The number of hydrogen-bond donors (Lipinski definition) is 1. The number of nitrogens with zero attached hydrogens (tertiary/aromatic N) is 3. The molecule has 3 rings (SSSR count). The van der Waals surface area contributed by atoms with Crippen LogP contribution in [0.5, 0.6) is 11.6 Å². The van der Waals surface area contributed by atoms with E-state index in [0.29, 0.717) is 11.3 Å². The maximum Gasteiger partial charge on any atom is 0.259 e. The largest absolute Gasteiger partial charge is 0.497 e. The number of fused-ring (bicyclic) bond motifs is 1. The third kappa shape index (κ3) is 6.60. The van der Waals surface area contributed by atoms with E-state index in [-0.39, 0.29) is 53.8 Å². The van der Waals surface area contributed by atoms with E-state index in [1.165, 1.54) is 30.6 Å². The molecule has 0 saturated heterocycles. The number of aliphatic hydroxyl groups excluding tert-OH is 1. The molecule has 0 unspecified atom stereocenters. The Morgan fingerprint density at radius 1 is 1.30 bits per heavy atom. The highest BCUT2D eigenvalue weighted by molar-refractivity contribution is 7.89. The zero-order chi connectivity index (χ0) is 27.3. The van der Waals surface area contributed by atoms with Crippen molar-refractivity contribution in [3.8, 4) is 23.5 Å². The SMILES string of the molecule is COc1cccc(S(=O)(=O)N(C)C[C@@H]2Oc3ncc(C#CC(C)C)cc3C(=O)N([C@H](C)CO)C[C@@H]2C)c1. The molecule has 1 aromatic heterocycles. The van der Waals surface area contributed by atoms with Crippen molar-refractivity contribution in [1.29, 1.82) is 0 Å². The third-order valence-corrected chi connectivity index (χ3v) is 8.03. The van der Waals surface area contributed by atoms with E-state index in [0.717, 1.165) is 0 Å². The van der Waals surface area contributed by atoms with Crippen molar-refractivity contribution < 1.29 is 27.8 Å². The van der Waals surface area contributed by atoms with Crippen LogP contribution in [0.1, 0.15) is 43.6 Å². The fourth-order valence-corrected chi connectivity index (χ4v) is 5.13. The molecule has 9 nitrogen and oxygen atoms in total. The van der Waals surface area contributed by atoms with Gasteiger partial charge in [0, 0.05) is 43.3 Å². The summed E-state index contributed by atoms with van der Waals surface area (Å²) >= 11 is 0. The number of pyridine rings is 1. The highest BCUT2D eigenvalue weighted by Gasteiger charge is 2.36. The van der Waals surface area contributed by atoms with E-state index in [1.54, 1.807) is 36.2 Å². The number of likely N-dealkylation sites (N-methyl/N-ethyl adjacent to an activating group) is 1. The molecule has 37 heavy (non-hydrogen) atoms. The summed E-state index contributed by atoms with van der Waals surface area (Å²) in [7, 11) is -0.882. The van der Waals surface area contributed by atoms with Crippen molar-refractivity contribution in [2.45, 2.75) is 44.7 Å². The number of sulfonamides is 1. The molecule has 1 aliphatic heterocycles. The Morgan fingerprint density at radius 3 is 2.68 bits per heavy atom. The summed E-state index contributed by atoms with van der Waals surface area (Å²) in [5.41, 5.74) is 0.801. The van der Waals surface area contributed by atoms with Crippen molar-refractivity contribution in [3.63, 3.8) is 0 Å². The van der Waals surface area contributed by atoms with Crippen LogP contribution in [0.15, 0.2) is 41.4 Å². The molecule has 0 radical (unpaired) electrons. The lowest BCUT2D eigenvalue weighted by atomic mass is 10.00. The van der Waals surface area contributed by atoms with Crippen LogP contribution in [0.4, 0.5) is 0 Å². The van der Waals surface area contributed by atoms with Gasteiger partial charge in [-0.05, 0) is 25.1 Å². The summed E-state index contributed by atoms with van der Waals surface area (Å²) in [6, 6.07) is 7.46. The number of ether oxygens (including phenoxy) is 2. The summed E-state index contributed by atoms with van der Waals surface area (Å²) < 4.78 is 39.2. The van der Waals surface area contributed by atoms with E-state index in [2.05, 4.69) is 16.8 Å². The van der Waals surface area contributed by atoms with E-state index in [1.807, 2.05) is 20.8 Å². The maximum absolute atomic E-state index is 13.5. The minimum atomic E-state index is -3.85. The highest BCUT2D eigenvalue weighted by atomic mass is 32.2. The quantitative estimate of drug-likeness (QED) is 0.549. The third-order valence-electron chi connectivity index (χ3n) is 6.21. The number of benzene rings is 1. The monoisotopic (exact) mass is 529 g/mol. The van der Waals surface area contributed by atoms with Crippen LogP contribution in [0.25, 0.3) is 0 Å². The van der Waals surface area contributed by atoms with E-state index < -0.39 is 22.2 Å². The molecule has 200 valence electrons. The van der Waals surface area contributed by atoms with Crippen LogP contribution in [0, 0.1) is 23.7 Å². The topological polar surface area (TPSA) is 109 Å². The lowest BCUT2D eigenvalue weighted by molar-refractivity contribution is 0.0373. The van der Waals surface area contributed by atoms with Gasteiger partial charge in [0.1, 0.15) is 17.4 Å². The van der Waals surface area contributed by atoms with Crippen molar-refractivity contribution in [3.05, 3.63) is 47.7 Å². The van der Waals surface area contributed by atoms with Gasteiger partial charge in [-0.1, -0.05) is 38.7 Å². The van der Waals surface area contributed by atoms with Gasteiger partial charge in [0.2, 0.25) is 15.9 Å². The average Bonchev–Trinajstić information content (AvgIpc) is 2.88. The number of rotatable bonds is 7. The number of aromatic nitrogens is 1. The first-order chi connectivity index (χ1) is 17.5. The molecule has 10 heteroatoms. The fourth-order valence-electron chi connectivity index (χ4n) is 3.91. The van der Waals surface area contributed by atoms with Gasteiger partial charge in [0.05, 0.1) is 31.2 Å². The number of carbonyl (C=O) groups is 1. The van der Waals surface area contributed by atoms with Crippen molar-refractivity contribution in [1.82, 2.24) is 14.2 Å². The minimum absolute atomic E-state index is 0.0201. The van der Waals surface area contributed by atoms with Crippen molar-refractivity contribution >= 4 is 15.9 Å². The molecule has 0 aliphatic carbocycles. The predicted octanol–water partition coefficient (Wildman–Crippen LogP) is 2.64. The molecule has 2 aromatic rings.